The molecule has 1 N–H and O–H groups in total. The van der Waals surface area contributed by atoms with Crippen molar-refractivity contribution in [2.24, 2.45) is 0 Å². The normalized spacial score (nSPS) is 31.8. The van der Waals surface area contributed by atoms with Gasteiger partial charge in [-0.3, -0.25) is 0 Å². The molecule has 5 nitrogen and oxygen atoms in total. The van der Waals surface area contributed by atoms with Crippen LogP contribution in [0.5, 0.6) is 0 Å². The lowest BCUT2D eigenvalue weighted by Crippen LogP contribution is -2.31. The quantitative estimate of drug-likeness (QED) is 0.839. The highest BCUT2D eigenvalue weighted by Gasteiger charge is 2.56. The number of hydrogen-bond donors (Lipinski definition) is 1. The van der Waals surface area contributed by atoms with Crippen LogP contribution in [0.1, 0.15) is 20.1 Å². The average Bonchev–Trinajstić information content (AvgIpc) is 3.08. The second-order valence-electron chi connectivity index (χ2n) is 6.47. The summed E-state index contributed by atoms with van der Waals surface area (Å²) in [6.07, 6.45) is -1.78. The zero-order chi connectivity index (χ0) is 17.2. The minimum Gasteiger partial charge on any atom is -0.394 e. The molecule has 1 aromatic carbocycles. The molecule has 0 saturated carbocycles. The summed E-state index contributed by atoms with van der Waals surface area (Å²) < 4.78 is 19.7. The summed E-state index contributed by atoms with van der Waals surface area (Å²) in [5, 5.41) is 11.8. The van der Waals surface area contributed by atoms with Crippen LogP contribution in [-0.2, 0) is 14.2 Å². The average molecular weight is 393 g/mol. The Labute approximate surface area is 153 Å². The van der Waals surface area contributed by atoms with E-state index in [1.165, 1.54) is 0 Å². The zero-order valence-electron chi connectivity index (χ0n) is 13.0. The number of hydrogen-bond acceptors (Lipinski definition) is 4. The number of nitrogens with zero attached hydrogens (tertiary/aromatic N) is 1. The Kier molecular flexibility index (Phi) is 4.05. The number of rotatable bonds is 2. The standard InChI is InChI=1S/C16H16Cl3NO4/c1-16(2)23-13-11(6-21)22-15(14(13)24-16)20-10-5-9(18)8(17)3-7(10)4-12(20)19/h3-5,11,13-15,21H,6H2,1-2H3/t11-,13-,14-,15-/m1/s1. The molecule has 0 unspecified atom stereocenters. The summed E-state index contributed by atoms with van der Waals surface area (Å²) in [7, 11) is 0. The first kappa shape index (κ1) is 16.9. The topological polar surface area (TPSA) is 52.9 Å². The van der Waals surface area contributed by atoms with Gasteiger partial charge in [-0.05, 0) is 32.0 Å². The van der Waals surface area contributed by atoms with E-state index in [9.17, 15) is 5.11 Å². The zero-order valence-corrected chi connectivity index (χ0v) is 15.3. The van der Waals surface area contributed by atoms with Crippen LogP contribution in [0.4, 0.5) is 0 Å². The third kappa shape index (κ3) is 2.54. The van der Waals surface area contributed by atoms with Gasteiger partial charge < -0.3 is 23.9 Å². The van der Waals surface area contributed by atoms with Gasteiger partial charge in [0.2, 0.25) is 0 Å². The van der Waals surface area contributed by atoms with E-state index in [4.69, 9.17) is 49.0 Å². The first-order valence-electron chi connectivity index (χ1n) is 7.58. The summed E-state index contributed by atoms with van der Waals surface area (Å²) >= 11 is 18.7. The van der Waals surface area contributed by atoms with E-state index in [1.807, 2.05) is 13.8 Å². The largest absolute Gasteiger partial charge is 0.394 e. The van der Waals surface area contributed by atoms with Crippen LogP contribution < -0.4 is 0 Å². The van der Waals surface area contributed by atoms with Crippen LogP contribution in [0.3, 0.4) is 0 Å². The molecule has 2 aliphatic rings. The highest BCUT2D eigenvalue weighted by Crippen LogP contribution is 2.45. The number of benzene rings is 1. The van der Waals surface area contributed by atoms with Crippen LogP contribution in [-0.4, -0.2) is 40.4 Å². The highest BCUT2D eigenvalue weighted by molar-refractivity contribution is 6.43. The van der Waals surface area contributed by atoms with Crippen molar-refractivity contribution >= 4 is 45.7 Å². The van der Waals surface area contributed by atoms with Crippen LogP contribution >= 0.6 is 34.8 Å². The van der Waals surface area contributed by atoms with E-state index < -0.39 is 18.1 Å². The molecule has 24 heavy (non-hydrogen) atoms. The maximum atomic E-state index is 9.62. The Balaban J connectivity index is 1.82. The van der Waals surface area contributed by atoms with Crippen molar-refractivity contribution in [2.75, 3.05) is 6.61 Å². The molecular weight excluding hydrogens is 377 g/mol. The summed E-state index contributed by atoms with van der Waals surface area (Å²) in [5.74, 6) is -0.749. The van der Waals surface area contributed by atoms with Gasteiger partial charge in [0, 0.05) is 5.39 Å². The summed E-state index contributed by atoms with van der Waals surface area (Å²) in [6.45, 7) is 3.51. The van der Waals surface area contributed by atoms with Crippen molar-refractivity contribution in [3.63, 3.8) is 0 Å². The fraction of sp³-hybridized carbons (Fsp3) is 0.500. The molecule has 2 saturated heterocycles. The van der Waals surface area contributed by atoms with Crippen LogP contribution in [0, 0.1) is 0 Å². The minimum atomic E-state index is -0.749. The predicted octanol–water partition coefficient (Wildman–Crippen LogP) is 4.01. The minimum absolute atomic E-state index is 0.166. The number of fused-ring (bicyclic) bond motifs is 2. The Morgan fingerprint density at radius 1 is 1.08 bits per heavy atom. The number of aliphatic hydroxyl groups excluding tert-OH is 1. The number of halogens is 3. The van der Waals surface area contributed by atoms with E-state index in [0.717, 1.165) is 10.9 Å². The Bertz CT molecular complexity index is 806. The number of aliphatic hydroxyl groups is 1. The van der Waals surface area contributed by atoms with Crippen LogP contribution in [0.25, 0.3) is 10.9 Å². The lowest BCUT2D eigenvalue weighted by atomic mass is 10.1. The van der Waals surface area contributed by atoms with Crippen molar-refractivity contribution in [1.82, 2.24) is 4.57 Å². The van der Waals surface area contributed by atoms with Crippen molar-refractivity contribution in [2.45, 2.75) is 44.2 Å². The van der Waals surface area contributed by atoms with E-state index in [0.29, 0.717) is 15.2 Å². The molecule has 8 heteroatoms. The fourth-order valence-electron chi connectivity index (χ4n) is 3.46. The Morgan fingerprint density at radius 2 is 1.75 bits per heavy atom. The lowest BCUT2D eigenvalue weighted by Gasteiger charge is -2.25. The van der Waals surface area contributed by atoms with Gasteiger partial charge in [-0.1, -0.05) is 34.8 Å². The molecule has 4 rings (SSSR count). The Morgan fingerprint density at radius 3 is 2.46 bits per heavy atom. The maximum absolute atomic E-state index is 9.62. The van der Waals surface area contributed by atoms with Gasteiger partial charge in [0.05, 0.1) is 22.2 Å². The van der Waals surface area contributed by atoms with Gasteiger partial charge in [0.25, 0.3) is 0 Å². The molecule has 0 radical (unpaired) electrons. The van der Waals surface area contributed by atoms with E-state index in [-0.39, 0.29) is 18.8 Å². The van der Waals surface area contributed by atoms with E-state index in [2.05, 4.69) is 0 Å². The summed E-state index contributed by atoms with van der Waals surface area (Å²) in [4.78, 5) is 0. The smallest absolute Gasteiger partial charge is 0.164 e. The molecule has 2 aliphatic heterocycles. The first-order valence-corrected chi connectivity index (χ1v) is 8.71. The lowest BCUT2D eigenvalue weighted by molar-refractivity contribution is -0.199. The van der Waals surface area contributed by atoms with Crippen molar-refractivity contribution in [3.05, 3.63) is 33.4 Å². The van der Waals surface area contributed by atoms with Gasteiger partial charge >= 0.3 is 0 Å². The molecule has 0 aliphatic carbocycles. The fourth-order valence-corrected chi connectivity index (χ4v) is 4.10. The van der Waals surface area contributed by atoms with Crippen molar-refractivity contribution < 1.29 is 19.3 Å². The molecule has 0 spiro atoms. The number of aromatic nitrogens is 1. The molecule has 130 valence electrons. The molecule has 3 heterocycles. The van der Waals surface area contributed by atoms with E-state index in [1.54, 1.807) is 22.8 Å². The SMILES string of the molecule is CC1(C)O[C@@H]2[C@H](O1)[C@@H](CO)O[C@H]2n1c(Cl)cc2cc(Cl)c(Cl)cc21. The van der Waals surface area contributed by atoms with E-state index >= 15 is 0 Å². The van der Waals surface area contributed by atoms with Gasteiger partial charge in [-0.2, -0.15) is 0 Å². The molecule has 2 aromatic rings. The van der Waals surface area contributed by atoms with Crippen molar-refractivity contribution in [1.29, 1.82) is 0 Å². The molecular formula is C16H16Cl3NO4. The molecule has 2 fully saturated rings. The second kappa shape index (κ2) is 5.74. The second-order valence-corrected chi connectivity index (χ2v) is 7.68. The molecule has 1 aromatic heterocycles. The van der Waals surface area contributed by atoms with Crippen molar-refractivity contribution in [3.8, 4) is 0 Å². The van der Waals surface area contributed by atoms with Gasteiger partial charge in [-0.25, -0.2) is 0 Å². The van der Waals surface area contributed by atoms with Gasteiger partial charge in [0.1, 0.15) is 23.5 Å². The third-order valence-corrected chi connectivity index (χ3v) is 5.41. The monoisotopic (exact) mass is 391 g/mol. The highest BCUT2D eigenvalue weighted by atomic mass is 35.5. The maximum Gasteiger partial charge on any atom is 0.164 e. The molecule has 0 bridgehead atoms. The summed E-state index contributed by atoms with van der Waals surface area (Å²) in [6, 6.07) is 5.30. The van der Waals surface area contributed by atoms with Crippen LogP contribution in [0.15, 0.2) is 18.2 Å². The molecule has 4 atom stereocenters. The summed E-state index contributed by atoms with van der Waals surface area (Å²) in [5.41, 5.74) is 0.782. The Hall–Kier alpha value is -0.530. The predicted molar refractivity (Wildman–Crippen MR) is 91.8 cm³/mol. The van der Waals surface area contributed by atoms with Crippen LogP contribution in [0.2, 0.25) is 15.2 Å². The number of ether oxygens (including phenoxy) is 3. The third-order valence-electron chi connectivity index (χ3n) is 4.39. The van der Waals surface area contributed by atoms with Gasteiger partial charge in [0.15, 0.2) is 12.0 Å². The van der Waals surface area contributed by atoms with Gasteiger partial charge in [-0.15, -0.1) is 0 Å². The molecule has 0 amide bonds. The first-order chi connectivity index (χ1) is 11.3.